The summed E-state index contributed by atoms with van der Waals surface area (Å²) >= 11 is 0. The SMILES string of the molecule is COc1c(C)cnc(CNCCC(=O)NC(C)(C)C)c1C. The number of hydrogen-bond donors (Lipinski definition) is 2. The monoisotopic (exact) mass is 293 g/mol. The summed E-state index contributed by atoms with van der Waals surface area (Å²) in [5.74, 6) is 0.938. The number of amides is 1. The zero-order valence-corrected chi connectivity index (χ0v) is 14.0. The summed E-state index contributed by atoms with van der Waals surface area (Å²) in [6, 6.07) is 0. The highest BCUT2D eigenvalue weighted by atomic mass is 16.5. The summed E-state index contributed by atoms with van der Waals surface area (Å²) < 4.78 is 5.38. The molecule has 0 saturated heterocycles. The van der Waals surface area contributed by atoms with Crippen LogP contribution in [0, 0.1) is 13.8 Å². The van der Waals surface area contributed by atoms with E-state index in [1.807, 2.05) is 40.8 Å². The third-order valence-corrected chi connectivity index (χ3v) is 3.09. The van der Waals surface area contributed by atoms with Crippen molar-refractivity contribution in [2.45, 2.75) is 53.1 Å². The molecule has 1 aromatic heterocycles. The van der Waals surface area contributed by atoms with E-state index in [0.29, 0.717) is 19.5 Å². The Morgan fingerprint density at radius 3 is 2.57 bits per heavy atom. The highest BCUT2D eigenvalue weighted by Crippen LogP contribution is 2.23. The molecule has 5 heteroatoms. The van der Waals surface area contributed by atoms with Gasteiger partial charge in [-0.05, 0) is 34.6 Å². The molecule has 0 aliphatic heterocycles. The van der Waals surface area contributed by atoms with Gasteiger partial charge in [0.15, 0.2) is 0 Å². The molecule has 1 amide bonds. The molecule has 0 atom stereocenters. The van der Waals surface area contributed by atoms with E-state index < -0.39 is 0 Å². The fourth-order valence-corrected chi connectivity index (χ4v) is 2.14. The Balaban J connectivity index is 2.45. The Morgan fingerprint density at radius 2 is 2.00 bits per heavy atom. The van der Waals surface area contributed by atoms with Gasteiger partial charge in [0.05, 0.1) is 12.8 Å². The van der Waals surface area contributed by atoms with Crippen molar-refractivity contribution in [3.8, 4) is 5.75 Å². The highest BCUT2D eigenvalue weighted by Gasteiger charge is 2.13. The second-order valence-electron chi connectivity index (χ2n) is 6.27. The number of methoxy groups -OCH3 is 1. The van der Waals surface area contributed by atoms with Crippen LogP contribution in [-0.4, -0.2) is 30.1 Å². The minimum Gasteiger partial charge on any atom is -0.496 e. The topological polar surface area (TPSA) is 63.2 Å². The van der Waals surface area contributed by atoms with Crippen LogP contribution in [0.2, 0.25) is 0 Å². The summed E-state index contributed by atoms with van der Waals surface area (Å²) in [6.07, 6.45) is 2.27. The lowest BCUT2D eigenvalue weighted by molar-refractivity contribution is -0.122. The Labute approximate surface area is 127 Å². The van der Waals surface area contributed by atoms with Crippen molar-refractivity contribution >= 4 is 5.91 Å². The molecule has 0 radical (unpaired) electrons. The van der Waals surface area contributed by atoms with Gasteiger partial charge in [-0.2, -0.15) is 0 Å². The maximum Gasteiger partial charge on any atom is 0.221 e. The fourth-order valence-electron chi connectivity index (χ4n) is 2.14. The number of pyridine rings is 1. The van der Waals surface area contributed by atoms with E-state index >= 15 is 0 Å². The molecule has 21 heavy (non-hydrogen) atoms. The number of hydrogen-bond acceptors (Lipinski definition) is 4. The van der Waals surface area contributed by atoms with Gasteiger partial charge in [-0.25, -0.2) is 0 Å². The van der Waals surface area contributed by atoms with Gasteiger partial charge in [-0.3, -0.25) is 9.78 Å². The maximum atomic E-state index is 11.7. The number of carbonyl (C=O) groups is 1. The molecule has 1 heterocycles. The predicted molar refractivity (Wildman–Crippen MR) is 84.5 cm³/mol. The molecule has 0 aliphatic carbocycles. The van der Waals surface area contributed by atoms with Crippen LogP contribution in [0.3, 0.4) is 0 Å². The van der Waals surface area contributed by atoms with Crippen LogP contribution >= 0.6 is 0 Å². The van der Waals surface area contributed by atoms with Gasteiger partial charge in [0.2, 0.25) is 5.91 Å². The Bertz CT molecular complexity index is 493. The van der Waals surface area contributed by atoms with Crippen molar-refractivity contribution in [1.29, 1.82) is 0 Å². The van der Waals surface area contributed by atoms with Crippen LogP contribution in [0.15, 0.2) is 6.20 Å². The van der Waals surface area contributed by atoms with Crippen LogP contribution in [0.25, 0.3) is 0 Å². The Morgan fingerprint density at radius 1 is 1.33 bits per heavy atom. The average Bonchev–Trinajstić information content (AvgIpc) is 2.35. The van der Waals surface area contributed by atoms with E-state index in [4.69, 9.17) is 4.74 Å². The van der Waals surface area contributed by atoms with Crippen LogP contribution in [0.1, 0.15) is 44.0 Å². The predicted octanol–water partition coefficient (Wildman–Crippen LogP) is 2.10. The smallest absolute Gasteiger partial charge is 0.221 e. The summed E-state index contributed by atoms with van der Waals surface area (Å²) in [4.78, 5) is 16.1. The lowest BCUT2D eigenvalue weighted by Crippen LogP contribution is -2.41. The largest absolute Gasteiger partial charge is 0.496 e. The molecule has 0 spiro atoms. The number of ether oxygens (including phenoxy) is 1. The molecule has 0 saturated carbocycles. The van der Waals surface area contributed by atoms with Gasteiger partial charge in [0.1, 0.15) is 5.75 Å². The molecule has 1 rings (SSSR count). The summed E-state index contributed by atoms with van der Waals surface area (Å²) in [5.41, 5.74) is 2.85. The van der Waals surface area contributed by atoms with Crippen molar-refractivity contribution in [3.63, 3.8) is 0 Å². The summed E-state index contributed by atoms with van der Waals surface area (Å²) in [5, 5.41) is 6.19. The first kappa shape index (κ1) is 17.4. The molecule has 0 aliphatic rings. The quantitative estimate of drug-likeness (QED) is 0.789. The fraction of sp³-hybridized carbons (Fsp3) is 0.625. The lowest BCUT2D eigenvalue weighted by atomic mass is 10.1. The van der Waals surface area contributed by atoms with E-state index in [9.17, 15) is 4.79 Å². The molecular weight excluding hydrogens is 266 g/mol. The number of carbonyl (C=O) groups excluding carboxylic acids is 1. The van der Waals surface area contributed by atoms with Gasteiger partial charge in [-0.1, -0.05) is 0 Å². The molecule has 118 valence electrons. The van der Waals surface area contributed by atoms with E-state index in [1.54, 1.807) is 7.11 Å². The highest BCUT2D eigenvalue weighted by molar-refractivity contribution is 5.76. The van der Waals surface area contributed by atoms with Crippen molar-refractivity contribution in [3.05, 3.63) is 23.0 Å². The Hall–Kier alpha value is -1.62. The van der Waals surface area contributed by atoms with Crippen molar-refractivity contribution < 1.29 is 9.53 Å². The molecule has 1 aromatic rings. The van der Waals surface area contributed by atoms with Gasteiger partial charge >= 0.3 is 0 Å². The standard InChI is InChI=1S/C16H27N3O2/c1-11-9-18-13(12(2)15(11)21-6)10-17-8-7-14(20)19-16(3,4)5/h9,17H,7-8,10H2,1-6H3,(H,19,20). The van der Waals surface area contributed by atoms with Gasteiger partial charge < -0.3 is 15.4 Å². The van der Waals surface area contributed by atoms with E-state index in [0.717, 1.165) is 22.6 Å². The molecule has 5 nitrogen and oxygen atoms in total. The molecule has 0 unspecified atom stereocenters. The van der Waals surface area contributed by atoms with Crippen LogP contribution < -0.4 is 15.4 Å². The van der Waals surface area contributed by atoms with Crippen LogP contribution in [0.5, 0.6) is 5.75 Å². The maximum absolute atomic E-state index is 11.7. The van der Waals surface area contributed by atoms with Gasteiger partial charge in [-0.15, -0.1) is 0 Å². The van der Waals surface area contributed by atoms with Crippen molar-refractivity contribution in [2.24, 2.45) is 0 Å². The second kappa shape index (κ2) is 7.41. The number of nitrogens with zero attached hydrogens (tertiary/aromatic N) is 1. The third kappa shape index (κ3) is 5.71. The normalized spacial score (nSPS) is 11.3. The van der Waals surface area contributed by atoms with E-state index in [-0.39, 0.29) is 11.4 Å². The number of nitrogens with one attached hydrogen (secondary N) is 2. The van der Waals surface area contributed by atoms with Crippen molar-refractivity contribution in [2.75, 3.05) is 13.7 Å². The van der Waals surface area contributed by atoms with E-state index in [1.165, 1.54) is 0 Å². The van der Waals surface area contributed by atoms with Crippen molar-refractivity contribution in [1.82, 2.24) is 15.6 Å². The first-order valence-corrected chi connectivity index (χ1v) is 7.25. The molecule has 0 bridgehead atoms. The van der Waals surface area contributed by atoms with Gasteiger partial charge in [0, 0.05) is 42.4 Å². The lowest BCUT2D eigenvalue weighted by Gasteiger charge is -2.20. The zero-order chi connectivity index (χ0) is 16.0. The molecule has 0 aromatic carbocycles. The molecule has 0 fully saturated rings. The first-order valence-electron chi connectivity index (χ1n) is 7.25. The van der Waals surface area contributed by atoms with Crippen LogP contribution in [0.4, 0.5) is 0 Å². The summed E-state index contributed by atoms with van der Waals surface area (Å²) in [7, 11) is 1.67. The van der Waals surface area contributed by atoms with Gasteiger partial charge in [0.25, 0.3) is 0 Å². The minimum absolute atomic E-state index is 0.0566. The third-order valence-electron chi connectivity index (χ3n) is 3.09. The van der Waals surface area contributed by atoms with E-state index in [2.05, 4.69) is 15.6 Å². The average molecular weight is 293 g/mol. The van der Waals surface area contributed by atoms with Crippen LogP contribution in [-0.2, 0) is 11.3 Å². The minimum atomic E-state index is -0.181. The molecule has 2 N–H and O–H groups in total. The number of aryl methyl sites for hydroxylation is 1. The molecular formula is C16H27N3O2. The summed E-state index contributed by atoms with van der Waals surface area (Å²) in [6.45, 7) is 11.2. The second-order valence-corrected chi connectivity index (χ2v) is 6.27. The number of rotatable bonds is 6. The zero-order valence-electron chi connectivity index (χ0n) is 14.0. The Kier molecular flexibility index (Phi) is 6.15. The number of aromatic nitrogens is 1. The first-order chi connectivity index (χ1) is 9.74.